The van der Waals surface area contributed by atoms with Crippen LogP contribution in [0.2, 0.25) is 0 Å². The predicted molar refractivity (Wildman–Crippen MR) is 194 cm³/mol. The summed E-state index contributed by atoms with van der Waals surface area (Å²) in [5, 5.41) is 3.17. The van der Waals surface area contributed by atoms with Crippen molar-refractivity contribution in [2.45, 2.75) is 0 Å². The van der Waals surface area contributed by atoms with Gasteiger partial charge in [-0.1, -0.05) is 121 Å². The number of benzene rings is 7. The molecule has 9 aromatic rings. The van der Waals surface area contributed by atoms with Crippen molar-refractivity contribution in [2.75, 3.05) is 0 Å². The minimum atomic E-state index is 0.618. The lowest BCUT2D eigenvalue weighted by atomic mass is 9.92. The molecule has 0 N–H and O–H groups in total. The lowest BCUT2D eigenvalue weighted by molar-refractivity contribution is 0.620. The average Bonchev–Trinajstić information content (AvgIpc) is 3.60. The Hall–Kier alpha value is -6.32. The molecule has 0 aliphatic carbocycles. The molecule has 0 bridgehead atoms. The van der Waals surface area contributed by atoms with E-state index in [2.05, 4.69) is 127 Å². The highest BCUT2D eigenvalue weighted by Gasteiger charge is 2.18. The van der Waals surface area contributed by atoms with Crippen molar-refractivity contribution in [3.05, 3.63) is 170 Å². The Labute approximate surface area is 272 Å². The zero-order valence-corrected chi connectivity index (χ0v) is 25.5. The zero-order chi connectivity index (χ0) is 31.2. The van der Waals surface area contributed by atoms with Crippen LogP contribution < -0.4 is 0 Å². The molecule has 220 valence electrons. The van der Waals surface area contributed by atoms with Gasteiger partial charge in [-0.3, -0.25) is 0 Å². The summed E-state index contributed by atoms with van der Waals surface area (Å²) in [7, 11) is 0. The van der Waals surface area contributed by atoms with Crippen molar-refractivity contribution < 1.29 is 4.42 Å². The highest BCUT2D eigenvalue weighted by atomic mass is 16.3. The number of hydrogen-bond acceptors (Lipinski definition) is 3. The molecule has 0 unspecified atom stereocenters. The molecule has 0 spiro atoms. The third-order valence-corrected chi connectivity index (χ3v) is 8.88. The maximum atomic E-state index is 6.27. The number of fused-ring (bicyclic) bond motifs is 5. The van der Waals surface area contributed by atoms with E-state index in [1.54, 1.807) is 0 Å². The number of pyridine rings is 1. The Morgan fingerprint density at radius 3 is 1.49 bits per heavy atom. The quantitative estimate of drug-likeness (QED) is 0.185. The second-order valence-corrected chi connectivity index (χ2v) is 11.8. The van der Waals surface area contributed by atoms with Gasteiger partial charge in [-0.15, -0.1) is 0 Å². The Morgan fingerprint density at radius 1 is 0.362 bits per heavy atom. The maximum absolute atomic E-state index is 6.27. The van der Waals surface area contributed by atoms with Crippen LogP contribution in [0.4, 0.5) is 0 Å². The first-order chi connectivity index (χ1) is 23.3. The predicted octanol–water partition coefficient (Wildman–Crippen LogP) is 11.9. The molecule has 0 fully saturated rings. The molecule has 0 aliphatic heterocycles. The van der Waals surface area contributed by atoms with Crippen LogP contribution in [-0.4, -0.2) is 9.97 Å². The van der Waals surface area contributed by atoms with E-state index in [-0.39, 0.29) is 0 Å². The minimum Gasteiger partial charge on any atom is -0.436 e. The van der Waals surface area contributed by atoms with Crippen LogP contribution >= 0.6 is 0 Å². The lowest BCUT2D eigenvalue weighted by Gasteiger charge is -2.13. The molecule has 3 nitrogen and oxygen atoms in total. The number of hydrogen-bond donors (Lipinski definition) is 0. The number of oxazole rings is 1. The Morgan fingerprint density at radius 2 is 0.872 bits per heavy atom. The van der Waals surface area contributed by atoms with Crippen LogP contribution in [-0.2, 0) is 0 Å². The molecule has 0 radical (unpaired) electrons. The second-order valence-electron chi connectivity index (χ2n) is 11.8. The summed E-state index contributed by atoms with van der Waals surface area (Å²) in [4.78, 5) is 10.2. The fraction of sp³-hybridized carbons (Fsp3) is 0. The molecule has 2 aromatic heterocycles. The summed E-state index contributed by atoms with van der Waals surface area (Å²) >= 11 is 0. The second kappa shape index (κ2) is 11.2. The summed E-state index contributed by atoms with van der Waals surface area (Å²) in [6.45, 7) is 0. The standard InChI is InChI=1S/C44H28N2O/c1-4-12-29(13-5-1)34-26-35(30-14-6-2-7-15-30)28-36(27-34)31-20-22-32(23-21-31)42-38-24-25-40-43(41(38)37-18-10-11-19-39(37)45-42)46-44(47-40)33-16-8-3-9-17-33/h1-28H. The number of para-hydroxylation sites is 1. The van der Waals surface area contributed by atoms with Crippen LogP contribution in [0.5, 0.6) is 0 Å². The van der Waals surface area contributed by atoms with Crippen LogP contribution in [0.1, 0.15) is 0 Å². The van der Waals surface area contributed by atoms with Crippen molar-refractivity contribution in [2.24, 2.45) is 0 Å². The van der Waals surface area contributed by atoms with E-state index < -0.39 is 0 Å². The van der Waals surface area contributed by atoms with Crippen LogP contribution in [0.25, 0.3) is 88.9 Å². The molecule has 0 saturated heterocycles. The van der Waals surface area contributed by atoms with Gasteiger partial charge >= 0.3 is 0 Å². The molecule has 3 heteroatoms. The van der Waals surface area contributed by atoms with Crippen LogP contribution in [0.3, 0.4) is 0 Å². The van der Waals surface area contributed by atoms with Crippen molar-refractivity contribution in [3.63, 3.8) is 0 Å². The van der Waals surface area contributed by atoms with Gasteiger partial charge in [0, 0.05) is 27.3 Å². The van der Waals surface area contributed by atoms with Gasteiger partial charge in [0.1, 0.15) is 5.52 Å². The molecule has 0 amide bonds. The molecule has 0 aliphatic rings. The summed E-state index contributed by atoms with van der Waals surface area (Å²) in [6.07, 6.45) is 0. The van der Waals surface area contributed by atoms with Gasteiger partial charge in [-0.2, -0.15) is 0 Å². The van der Waals surface area contributed by atoms with Crippen LogP contribution in [0, 0.1) is 0 Å². The summed E-state index contributed by atoms with van der Waals surface area (Å²) < 4.78 is 6.27. The van der Waals surface area contributed by atoms with Crippen molar-refractivity contribution in [1.29, 1.82) is 0 Å². The van der Waals surface area contributed by atoms with E-state index in [9.17, 15) is 0 Å². The van der Waals surface area contributed by atoms with Crippen molar-refractivity contribution in [3.8, 4) is 56.1 Å². The molecule has 0 saturated carbocycles. The molecular weight excluding hydrogens is 572 g/mol. The molecule has 0 atom stereocenters. The van der Waals surface area contributed by atoms with Gasteiger partial charge < -0.3 is 4.42 Å². The Kier molecular flexibility index (Phi) is 6.46. The highest BCUT2D eigenvalue weighted by Crippen LogP contribution is 2.39. The molecule has 47 heavy (non-hydrogen) atoms. The van der Waals surface area contributed by atoms with Gasteiger partial charge in [0.2, 0.25) is 5.89 Å². The van der Waals surface area contributed by atoms with Crippen molar-refractivity contribution >= 4 is 32.8 Å². The summed E-state index contributed by atoms with van der Waals surface area (Å²) in [6, 6.07) is 59.3. The molecule has 7 aromatic carbocycles. The van der Waals surface area contributed by atoms with Gasteiger partial charge in [0.05, 0.1) is 11.2 Å². The van der Waals surface area contributed by atoms with Gasteiger partial charge in [-0.05, 0) is 81.9 Å². The normalized spacial score (nSPS) is 11.4. The SMILES string of the molecule is c1ccc(-c2cc(-c3ccccc3)cc(-c3ccc(-c4nc5ccccc5c5c4ccc4oc(-c6ccccc6)nc45)cc3)c2)cc1. The number of rotatable bonds is 5. The Balaban J connectivity index is 1.19. The van der Waals surface area contributed by atoms with E-state index in [1.165, 1.54) is 27.8 Å². The molecule has 2 heterocycles. The third kappa shape index (κ3) is 4.86. The van der Waals surface area contributed by atoms with Crippen LogP contribution in [0.15, 0.2) is 174 Å². The first kappa shape index (κ1) is 27.0. The largest absolute Gasteiger partial charge is 0.436 e. The highest BCUT2D eigenvalue weighted by molar-refractivity contribution is 6.20. The van der Waals surface area contributed by atoms with E-state index in [1.807, 2.05) is 42.5 Å². The maximum Gasteiger partial charge on any atom is 0.227 e. The molecular formula is C44H28N2O. The van der Waals surface area contributed by atoms with Gasteiger partial charge in [0.15, 0.2) is 5.58 Å². The first-order valence-corrected chi connectivity index (χ1v) is 15.8. The minimum absolute atomic E-state index is 0.618. The van der Waals surface area contributed by atoms with E-state index in [4.69, 9.17) is 14.4 Å². The van der Waals surface area contributed by atoms with Gasteiger partial charge in [-0.25, -0.2) is 9.97 Å². The topological polar surface area (TPSA) is 38.9 Å². The average molecular weight is 601 g/mol. The van der Waals surface area contributed by atoms with E-state index in [0.717, 1.165) is 55.2 Å². The first-order valence-electron chi connectivity index (χ1n) is 15.8. The fourth-order valence-electron chi connectivity index (χ4n) is 6.56. The number of aromatic nitrogens is 2. The smallest absolute Gasteiger partial charge is 0.227 e. The fourth-order valence-corrected chi connectivity index (χ4v) is 6.56. The monoisotopic (exact) mass is 600 g/mol. The zero-order valence-electron chi connectivity index (χ0n) is 25.5. The molecule has 9 rings (SSSR count). The summed E-state index contributed by atoms with van der Waals surface area (Å²) in [5.74, 6) is 0.618. The van der Waals surface area contributed by atoms with E-state index in [0.29, 0.717) is 5.89 Å². The lowest BCUT2D eigenvalue weighted by Crippen LogP contribution is -1.91. The third-order valence-electron chi connectivity index (χ3n) is 8.88. The van der Waals surface area contributed by atoms with E-state index >= 15 is 0 Å². The Bertz CT molecular complexity index is 2480. The van der Waals surface area contributed by atoms with Gasteiger partial charge in [0.25, 0.3) is 0 Å². The van der Waals surface area contributed by atoms with Crippen molar-refractivity contribution in [1.82, 2.24) is 9.97 Å². The number of nitrogens with zero attached hydrogens (tertiary/aromatic N) is 2. The summed E-state index contributed by atoms with van der Waals surface area (Å²) in [5.41, 5.74) is 12.6.